The van der Waals surface area contributed by atoms with E-state index in [-0.39, 0.29) is 5.91 Å². The van der Waals surface area contributed by atoms with E-state index in [2.05, 4.69) is 57.1 Å². The summed E-state index contributed by atoms with van der Waals surface area (Å²) in [6.07, 6.45) is 7.27. The van der Waals surface area contributed by atoms with Crippen LogP contribution in [0, 0.1) is 13.8 Å². The molecular weight excluding hydrogens is 466 g/mol. The SMILES string of the molecule is CC.CCCC(=O)Nc1cn2nc(C)nc2cc1OC.CCCc1c(N2CCN(C)CC2)ccnc1C. The van der Waals surface area contributed by atoms with E-state index >= 15 is 0 Å². The number of aryl methyl sites for hydroxylation is 2. The number of carbonyl (C=O) groups excluding carboxylic acids is 1. The van der Waals surface area contributed by atoms with Gasteiger partial charge in [0.05, 0.1) is 13.3 Å². The van der Waals surface area contributed by atoms with Crippen molar-refractivity contribution in [1.82, 2.24) is 24.5 Å². The largest absolute Gasteiger partial charge is 0.494 e. The number of hydrogen-bond acceptors (Lipinski definition) is 7. The van der Waals surface area contributed by atoms with E-state index in [0.29, 0.717) is 29.3 Å². The Labute approximate surface area is 222 Å². The zero-order valence-electron chi connectivity index (χ0n) is 24.0. The topological polar surface area (TPSA) is 87.9 Å². The minimum atomic E-state index is -0.0352. The second kappa shape index (κ2) is 15.1. The highest BCUT2D eigenvalue weighted by Gasteiger charge is 2.17. The van der Waals surface area contributed by atoms with Crippen molar-refractivity contribution in [3.05, 3.63) is 41.6 Å². The fourth-order valence-corrected chi connectivity index (χ4v) is 4.21. The lowest BCUT2D eigenvalue weighted by molar-refractivity contribution is -0.116. The lowest BCUT2D eigenvalue weighted by atomic mass is 10.1. The molecular formula is C28H45N7O2. The van der Waals surface area contributed by atoms with Crippen LogP contribution in [0.3, 0.4) is 0 Å². The Hall–Kier alpha value is -3.20. The summed E-state index contributed by atoms with van der Waals surface area (Å²) in [5, 5.41) is 7.01. The van der Waals surface area contributed by atoms with Crippen LogP contribution in [0.4, 0.5) is 11.4 Å². The number of fused-ring (bicyclic) bond motifs is 1. The number of hydrogen-bond donors (Lipinski definition) is 1. The van der Waals surface area contributed by atoms with Gasteiger partial charge in [0, 0.05) is 56.2 Å². The van der Waals surface area contributed by atoms with E-state index in [0.717, 1.165) is 39.0 Å². The summed E-state index contributed by atoms with van der Waals surface area (Å²) in [5.41, 5.74) is 5.35. The van der Waals surface area contributed by atoms with Gasteiger partial charge in [-0.05, 0) is 45.4 Å². The fraction of sp³-hybridized carbons (Fsp3) is 0.571. The first-order chi connectivity index (χ1) is 17.9. The van der Waals surface area contributed by atoms with Crippen LogP contribution in [0.15, 0.2) is 24.5 Å². The molecule has 1 amide bonds. The Kier molecular flexibility index (Phi) is 12.3. The van der Waals surface area contributed by atoms with Crippen LogP contribution >= 0.6 is 0 Å². The van der Waals surface area contributed by atoms with Crippen molar-refractivity contribution in [2.45, 2.75) is 67.2 Å². The highest BCUT2D eigenvalue weighted by molar-refractivity contribution is 5.92. The third-order valence-electron chi connectivity index (χ3n) is 6.10. The molecule has 0 spiro atoms. The van der Waals surface area contributed by atoms with Gasteiger partial charge in [0.2, 0.25) is 5.91 Å². The van der Waals surface area contributed by atoms with Crippen LogP contribution in [0.25, 0.3) is 5.65 Å². The molecule has 0 aromatic carbocycles. The molecule has 1 fully saturated rings. The molecule has 204 valence electrons. The fourth-order valence-electron chi connectivity index (χ4n) is 4.21. The summed E-state index contributed by atoms with van der Waals surface area (Å²) < 4.78 is 6.87. The molecule has 9 heteroatoms. The summed E-state index contributed by atoms with van der Waals surface area (Å²) in [6.45, 7) is 16.7. The standard InChI is InChI=1S/C14H23N3.C12H16N4O2.C2H6/c1-4-5-13-12(2)15-7-6-14(13)17-10-8-16(3)9-11-17;1-4-5-12(17)14-9-7-16-11(6-10(9)18-3)13-8(2)15-16;1-2/h6-7H,4-5,8-11H2,1-3H3;6-7H,4-5H2,1-3H3,(H,14,17);1-2H3. The average molecular weight is 512 g/mol. The van der Waals surface area contributed by atoms with Gasteiger partial charge in [0.1, 0.15) is 17.3 Å². The van der Waals surface area contributed by atoms with Crippen LogP contribution in [-0.4, -0.2) is 70.7 Å². The number of pyridine rings is 2. The first-order valence-electron chi connectivity index (χ1n) is 13.4. The Morgan fingerprint density at radius 3 is 2.43 bits per heavy atom. The molecule has 0 atom stereocenters. The Balaban J connectivity index is 0.000000244. The maximum absolute atomic E-state index is 11.6. The number of piperazine rings is 1. The number of anilines is 2. The second-order valence-electron chi connectivity index (χ2n) is 8.95. The number of ether oxygens (including phenoxy) is 1. The number of likely N-dealkylation sites (N-methyl/N-ethyl adjacent to an activating group) is 1. The molecule has 4 rings (SSSR count). The lowest BCUT2D eigenvalue weighted by Gasteiger charge is -2.35. The van der Waals surface area contributed by atoms with Crippen molar-refractivity contribution in [1.29, 1.82) is 0 Å². The maximum Gasteiger partial charge on any atom is 0.224 e. The number of rotatable bonds is 7. The lowest BCUT2D eigenvalue weighted by Crippen LogP contribution is -2.44. The van der Waals surface area contributed by atoms with Crippen molar-refractivity contribution >= 4 is 22.9 Å². The van der Waals surface area contributed by atoms with Crippen molar-refractivity contribution < 1.29 is 9.53 Å². The first-order valence-corrected chi connectivity index (χ1v) is 13.4. The highest BCUT2D eigenvalue weighted by Crippen LogP contribution is 2.26. The van der Waals surface area contributed by atoms with Gasteiger partial charge in [-0.15, -0.1) is 0 Å². The van der Waals surface area contributed by atoms with Crippen molar-refractivity contribution in [3.8, 4) is 5.75 Å². The number of aromatic nitrogens is 4. The molecule has 1 N–H and O–H groups in total. The van der Waals surface area contributed by atoms with Crippen LogP contribution in [-0.2, 0) is 11.2 Å². The zero-order chi connectivity index (χ0) is 27.4. The van der Waals surface area contributed by atoms with Crippen molar-refractivity contribution in [2.75, 3.05) is 50.6 Å². The highest BCUT2D eigenvalue weighted by atomic mass is 16.5. The van der Waals surface area contributed by atoms with Gasteiger partial charge in [0.15, 0.2) is 5.65 Å². The molecule has 0 saturated carbocycles. The van der Waals surface area contributed by atoms with Gasteiger partial charge in [-0.2, -0.15) is 5.10 Å². The van der Waals surface area contributed by atoms with E-state index in [1.807, 2.05) is 33.9 Å². The third kappa shape index (κ3) is 8.42. The van der Waals surface area contributed by atoms with Crippen molar-refractivity contribution in [2.24, 2.45) is 0 Å². The molecule has 1 saturated heterocycles. The average Bonchev–Trinajstić information content (AvgIpc) is 3.26. The molecule has 3 aromatic rings. The molecule has 0 radical (unpaired) electrons. The Morgan fingerprint density at radius 1 is 1.11 bits per heavy atom. The molecule has 9 nitrogen and oxygen atoms in total. The molecule has 4 heterocycles. The maximum atomic E-state index is 11.6. The molecule has 1 aliphatic heterocycles. The number of amides is 1. The van der Waals surface area contributed by atoms with E-state index in [1.165, 1.54) is 23.4 Å². The third-order valence-corrected chi connectivity index (χ3v) is 6.10. The molecule has 3 aromatic heterocycles. The minimum Gasteiger partial charge on any atom is -0.494 e. The number of carbonyl (C=O) groups is 1. The van der Waals surface area contributed by atoms with Gasteiger partial charge < -0.3 is 19.9 Å². The van der Waals surface area contributed by atoms with Crippen LogP contribution in [0.2, 0.25) is 0 Å². The van der Waals surface area contributed by atoms with Gasteiger partial charge in [-0.25, -0.2) is 9.50 Å². The summed E-state index contributed by atoms with van der Waals surface area (Å²) >= 11 is 0. The predicted molar refractivity (Wildman–Crippen MR) is 152 cm³/mol. The smallest absolute Gasteiger partial charge is 0.224 e. The zero-order valence-corrected chi connectivity index (χ0v) is 24.0. The summed E-state index contributed by atoms with van der Waals surface area (Å²) in [6, 6.07) is 3.94. The van der Waals surface area contributed by atoms with Crippen LogP contribution in [0.1, 0.15) is 64.0 Å². The second-order valence-corrected chi connectivity index (χ2v) is 8.95. The summed E-state index contributed by atoms with van der Waals surface area (Å²) in [7, 11) is 3.76. The summed E-state index contributed by atoms with van der Waals surface area (Å²) in [4.78, 5) is 25.2. The Morgan fingerprint density at radius 2 is 1.81 bits per heavy atom. The quantitative estimate of drug-likeness (QED) is 0.482. The molecule has 0 bridgehead atoms. The predicted octanol–water partition coefficient (Wildman–Crippen LogP) is 4.91. The van der Waals surface area contributed by atoms with Gasteiger partial charge >= 0.3 is 0 Å². The van der Waals surface area contributed by atoms with Gasteiger partial charge in [-0.3, -0.25) is 9.78 Å². The monoisotopic (exact) mass is 511 g/mol. The van der Waals surface area contributed by atoms with E-state index in [4.69, 9.17) is 4.74 Å². The number of methoxy groups -OCH3 is 1. The molecule has 0 aliphatic carbocycles. The van der Waals surface area contributed by atoms with E-state index < -0.39 is 0 Å². The van der Waals surface area contributed by atoms with Crippen LogP contribution in [0.5, 0.6) is 5.75 Å². The van der Waals surface area contributed by atoms with Gasteiger partial charge in [-0.1, -0.05) is 34.1 Å². The summed E-state index contributed by atoms with van der Waals surface area (Å²) in [5.74, 6) is 1.22. The first kappa shape index (κ1) is 30.0. The van der Waals surface area contributed by atoms with Crippen LogP contribution < -0.4 is 15.0 Å². The van der Waals surface area contributed by atoms with Crippen molar-refractivity contribution in [3.63, 3.8) is 0 Å². The molecule has 0 unspecified atom stereocenters. The number of nitrogens with one attached hydrogen (secondary N) is 1. The minimum absolute atomic E-state index is 0.0352. The Bertz CT molecular complexity index is 1120. The van der Waals surface area contributed by atoms with E-state index in [1.54, 1.807) is 23.9 Å². The number of nitrogens with zero attached hydrogens (tertiary/aromatic N) is 6. The normalized spacial score (nSPS) is 13.4. The van der Waals surface area contributed by atoms with E-state index in [9.17, 15) is 4.79 Å². The molecule has 1 aliphatic rings. The van der Waals surface area contributed by atoms with Gasteiger partial charge in [0.25, 0.3) is 0 Å². The molecule has 37 heavy (non-hydrogen) atoms.